The van der Waals surface area contributed by atoms with Crippen molar-refractivity contribution in [1.82, 2.24) is 39.9 Å². The van der Waals surface area contributed by atoms with Crippen LogP contribution >= 0.6 is 0 Å². The van der Waals surface area contributed by atoms with Crippen molar-refractivity contribution in [3.05, 3.63) is 145 Å². The molecular weight excluding hydrogens is 656 g/mol. The molecule has 0 aromatic carbocycles. The first kappa shape index (κ1) is 31.0. The molecule has 0 atom stereocenters. The second-order valence-corrected chi connectivity index (χ2v) is 11.2. The van der Waals surface area contributed by atoms with Crippen molar-refractivity contribution < 1.29 is 23.7 Å². The molecule has 234 valence electrons. The van der Waals surface area contributed by atoms with Crippen LogP contribution in [0.4, 0.5) is 0 Å². The SMILES string of the molecule is C1=Cc2nc1c(-c1ccccn1)c1ccc([n-]1)c(-c1ccccn1)c1nc(c(-c3ccccn3)c3ccc([n-]3)c2-c2ccccn2)C=C1.[O]=[Ti+2]. The molecule has 0 radical (unpaired) electrons. The average Bonchev–Trinajstić information content (AvgIpc) is 4.02. The van der Waals surface area contributed by atoms with Gasteiger partial charge in [-0.15, -0.1) is 22.1 Å². The molecule has 7 aromatic heterocycles. The van der Waals surface area contributed by atoms with Crippen LogP contribution in [-0.4, -0.2) is 29.9 Å². The van der Waals surface area contributed by atoms with E-state index in [1.807, 2.05) is 121 Å². The zero-order valence-electron chi connectivity index (χ0n) is 26.3. The molecule has 10 heteroatoms. The Kier molecular flexibility index (Phi) is 8.48. The monoisotopic (exact) mass is 680 g/mol. The summed E-state index contributed by atoms with van der Waals surface area (Å²) in [5.74, 6) is 0. The topological polar surface area (TPSA) is 123 Å². The maximum absolute atomic E-state index is 8.25. The Morgan fingerprint density at radius 1 is 0.360 bits per heavy atom. The number of fused-ring (bicyclic) bond motifs is 8. The van der Waals surface area contributed by atoms with Gasteiger partial charge in [0.05, 0.1) is 45.6 Å². The van der Waals surface area contributed by atoms with Gasteiger partial charge in [0.15, 0.2) is 0 Å². The van der Waals surface area contributed by atoms with Crippen LogP contribution in [0.15, 0.2) is 122 Å². The third-order valence-corrected chi connectivity index (χ3v) is 8.29. The Hall–Kier alpha value is -6.29. The quantitative estimate of drug-likeness (QED) is 0.170. The molecule has 0 unspecified atom stereocenters. The Balaban J connectivity index is 0.00000177. The van der Waals surface area contributed by atoms with Gasteiger partial charge < -0.3 is 9.97 Å². The summed E-state index contributed by atoms with van der Waals surface area (Å²) < 4.78 is 8.25. The predicted molar refractivity (Wildman–Crippen MR) is 190 cm³/mol. The molecule has 0 spiro atoms. The van der Waals surface area contributed by atoms with Crippen LogP contribution in [-0.2, 0) is 23.7 Å². The van der Waals surface area contributed by atoms with Gasteiger partial charge in [-0.2, -0.15) is 0 Å². The number of rotatable bonds is 4. The van der Waals surface area contributed by atoms with Crippen molar-refractivity contribution in [3.63, 3.8) is 0 Å². The second-order valence-electron chi connectivity index (χ2n) is 11.2. The zero-order valence-corrected chi connectivity index (χ0v) is 27.9. The summed E-state index contributed by atoms with van der Waals surface area (Å²) in [5, 5.41) is 0. The third-order valence-electron chi connectivity index (χ3n) is 8.29. The molecule has 0 N–H and O–H groups in total. The van der Waals surface area contributed by atoms with Crippen LogP contribution in [0.3, 0.4) is 0 Å². The molecule has 2 aliphatic rings. The van der Waals surface area contributed by atoms with Gasteiger partial charge in [-0.25, -0.2) is 9.97 Å². The van der Waals surface area contributed by atoms with Crippen LogP contribution < -0.4 is 9.97 Å². The average molecular weight is 681 g/mol. The van der Waals surface area contributed by atoms with Crippen LogP contribution in [0.2, 0.25) is 0 Å². The van der Waals surface area contributed by atoms with Crippen molar-refractivity contribution in [1.29, 1.82) is 0 Å². The molecule has 0 aliphatic carbocycles. The van der Waals surface area contributed by atoms with Gasteiger partial charge in [0.1, 0.15) is 0 Å². The summed E-state index contributed by atoms with van der Waals surface area (Å²) in [6.07, 6.45) is 15.2. The molecule has 0 fully saturated rings. The van der Waals surface area contributed by atoms with Crippen molar-refractivity contribution in [2.45, 2.75) is 0 Å². The van der Waals surface area contributed by atoms with E-state index in [0.29, 0.717) is 0 Å². The number of aromatic nitrogens is 8. The van der Waals surface area contributed by atoms with Crippen LogP contribution in [0.1, 0.15) is 22.8 Å². The first-order valence-electron chi connectivity index (χ1n) is 15.7. The minimum absolute atomic E-state index is 0.745. The van der Waals surface area contributed by atoms with Crippen molar-refractivity contribution >= 4 is 46.4 Å². The molecule has 9 heterocycles. The van der Waals surface area contributed by atoms with Crippen LogP contribution in [0.25, 0.3) is 91.4 Å². The molecule has 0 amide bonds. The fraction of sp³-hybridized carbons (Fsp3) is 0. The number of hydrogen-bond acceptors (Lipinski definition) is 7. The Labute approximate surface area is 298 Å². The Bertz CT molecular complexity index is 2220. The van der Waals surface area contributed by atoms with E-state index in [1.54, 1.807) is 24.8 Å². The second kappa shape index (κ2) is 13.7. The van der Waals surface area contributed by atoms with E-state index in [2.05, 4.69) is 0 Å². The molecule has 0 saturated heterocycles. The van der Waals surface area contributed by atoms with Crippen molar-refractivity contribution in [2.75, 3.05) is 0 Å². The van der Waals surface area contributed by atoms with Gasteiger partial charge in [-0.1, -0.05) is 48.5 Å². The molecular formula is C40H24N8OTi. The van der Waals surface area contributed by atoms with Gasteiger partial charge in [0, 0.05) is 47.0 Å². The summed E-state index contributed by atoms with van der Waals surface area (Å²) in [4.78, 5) is 39.7. The minimum atomic E-state index is 0.745. The number of hydrogen-bond donors (Lipinski definition) is 0. The Morgan fingerprint density at radius 3 is 0.840 bits per heavy atom. The number of nitrogens with zero attached hydrogens (tertiary/aromatic N) is 8. The summed E-state index contributed by atoms with van der Waals surface area (Å²) in [7, 11) is 0. The first-order chi connectivity index (χ1) is 24.8. The van der Waals surface area contributed by atoms with E-state index in [0.717, 1.165) is 110 Å². The summed E-state index contributed by atoms with van der Waals surface area (Å²) in [6, 6.07) is 31.5. The predicted octanol–water partition coefficient (Wildman–Crippen LogP) is 8.04. The molecule has 0 saturated carbocycles. The van der Waals surface area contributed by atoms with E-state index < -0.39 is 0 Å². The van der Waals surface area contributed by atoms with Gasteiger partial charge in [-0.05, 0) is 72.8 Å². The molecule has 9 nitrogen and oxygen atoms in total. The molecule has 9 rings (SSSR count). The normalized spacial score (nSPS) is 11.6. The third kappa shape index (κ3) is 5.74. The van der Waals surface area contributed by atoms with E-state index in [4.69, 9.17) is 43.2 Å². The first-order valence-corrected chi connectivity index (χ1v) is 16.4. The molecule has 2 aliphatic heterocycles. The summed E-state index contributed by atoms with van der Waals surface area (Å²) in [6.45, 7) is 0. The van der Waals surface area contributed by atoms with Gasteiger partial charge in [0.2, 0.25) is 0 Å². The molecule has 7 aromatic rings. The van der Waals surface area contributed by atoms with E-state index >= 15 is 0 Å². The fourth-order valence-electron chi connectivity index (χ4n) is 6.18. The van der Waals surface area contributed by atoms with Crippen LogP contribution in [0, 0.1) is 0 Å². The maximum atomic E-state index is 8.25. The Morgan fingerprint density at radius 2 is 0.620 bits per heavy atom. The van der Waals surface area contributed by atoms with Crippen molar-refractivity contribution in [3.8, 4) is 45.0 Å². The van der Waals surface area contributed by atoms with Gasteiger partial charge >= 0.3 is 23.7 Å². The number of pyridine rings is 4. The van der Waals surface area contributed by atoms with E-state index in [1.165, 1.54) is 0 Å². The summed E-state index contributed by atoms with van der Waals surface area (Å²) >= 11 is 0.750. The molecule has 8 bridgehead atoms. The van der Waals surface area contributed by atoms with Gasteiger partial charge in [-0.3, -0.25) is 19.9 Å². The fourth-order valence-corrected chi connectivity index (χ4v) is 6.18. The zero-order chi connectivity index (χ0) is 33.9. The standard InChI is InChI=1S/C40H24N8.O.Ti/c1-5-21-41-25(9-1)37-29-13-15-31(45-29)38(26-10-2-6-22-42-26)33-17-19-35(47-33)40(28-12-4-8-24-44-28)36-20-18-34(48-36)39(27-11-3-7-23-43-27)32-16-14-30(37)46-32;;/h1-24H;;/q-2;;+2. The van der Waals surface area contributed by atoms with E-state index in [9.17, 15) is 0 Å². The van der Waals surface area contributed by atoms with Crippen molar-refractivity contribution in [2.24, 2.45) is 0 Å². The molecule has 50 heavy (non-hydrogen) atoms. The van der Waals surface area contributed by atoms with E-state index in [-0.39, 0.29) is 0 Å². The summed E-state index contributed by atoms with van der Waals surface area (Å²) in [5.41, 5.74) is 12.3. The van der Waals surface area contributed by atoms with Crippen LogP contribution in [0.5, 0.6) is 0 Å². The van der Waals surface area contributed by atoms with Gasteiger partial charge in [0.25, 0.3) is 0 Å².